The molecule has 0 aromatic carbocycles. The van der Waals surface area contributed by atoms with Crippen LogP contribution in [0.1, 0.15) is 48.5 Å². The third kappa shape index (κ3) is 3.82. The molecule has 2 aromatic heterocycles. The zero-order valence-corrected chi connectivity index (χ0v) is 17.3. The standard InChI is InChI=1S/C18H22BrN5O4/c1-23(2)17(27)11-8-20-9-12(15(11)25)21-14-13(19)16(26)22-24(18(14)28)10-6-4-3-5-7-10/h8-10,21H,3-7H2,1-2H3,(H,20,25)(H,22,26). The molecule has 3 rings (SSSR count). The van der Waals surface area contributed by atoms with Gasteiger partial charge in [0.15, 0.2) is 0 Å². The topological polar surface area (TPSA) is 120 Å². The Balaban J connectivity index is 2.06. The lowest BCUT2D eigenvalue weighted by Gasteiger charge is -2.24. The molecule has 2 heterocycles. The molecule has 2 aromatic rings. The van der Waals surface area contributed by atoms with E-state index in [9.17, 15) is 19.2 Å². The summed E-state index contributed by atoms with van der Waals surface area (Å²) in [5.74, 6) is -0.463. The molecule has 1 saturated carbocycles. The van der Waals surface area contributed by atoms with Crippen LogP contribution in [0.15, 0.2) is 31.3 Å². The molecule has 0 saturated heterocycles. The normalized spacial score (nSPS) is 14.7. The average Bonchev–Trinajstić information content (AvgIpc) is 2.69. The fourth-order valence-corrected chi connectivity index (χ4v) is 3.71. The fourth-order valence-electron chi connectivity index (χ4n) is 3.35. The first-order valence-corrected chi connectivity index (χ1v) is 9.84. The molecule has 0 unspecified atom stereocenters. The van der Waals surface area contributed by atoms with Crippen molar-refractivity contribution in [2.75, 3.05) is 19.4 Å². The highest BCUT2D eigenvalue weighted by molar-refractivity contribution is 9.10. The van der Waals surface area contributed by atoms with Crippen molar-refractivity contribution in [3.05, 3.63) is 53.4 Å². The van der Waals surface area contributed by atoms with Gasteiger partial charge in [-0.25, -0.2) is 4.68 Å². The van der Waals surface area contributed by atoms with Gasteiger partial charge in [-0.2, -0.15) is 0 Å². The van der Waals surface area contributed by atoms with Crippen LogP contribution in [0.25, 0.3) is 0 Å². The molecule has 9 nitrogen and oxygen atoms in total. The highest BCUT2D eigenvalue weighted by Gasteiger charge is 2.22. The minimum absolute atomic E-state index is 0.00583. The first kappa shape index (κ1) is 20.1. The molecule has 150 valence electrons. The van der Waals surface area contributed by atoms with E-state index in [1.54, 1.807) is 0 Å². The van der Waals surface area contributed by atoms with Gasteiger partial charge in [-0.05, 0) is 28.8 Å². The van der Waals surface area contributed by atoms with Crippen LogP contribution >= 0.6 is 15.9 Å². The van der Waals surface area contributed by atoms with E-state index in [0.717, 1.165) is 32.1 Å². The van der Waals surface area contributed by atoms with Gasteiger partial charge in [-0.1, -0.05) is 19.3 Å². The van der Waals surface area contributed by atoms with E-state index in [1.807, 2.05) is 0 Å². The van der Waals surface area contributed by atoms with Crippen molar-refractivity contribution in [1.82, 2.24) is 19.7 Å². The number of nitrogens with zero attached hydrogens (tertiary/aromatic N) is 2. The van der Waals surface area contributed by atoms with E-state index >= 15 is 0 Å². The highest BCUT2D eigenvalue weighted by Crippen LogP contribution is 2.27. The first-order valence-electron chi connectivity index (χ1n) is 9.05. The lowest BCUT2D eigenvalue weighted by molar-refractivity contribution is 0.0826. The van der Waals surface area contributed by atoms with Gasteiger partial charge in [0.05, 0.1) is 6.04 Å². The van der Waals surface area contributed by atoms with Crippen molar-refractivity contribution in [2.45, 2.75) is 38.1 Å². The summed E-state index contributed by atoms with van der Waals surface area (Å²) in [7, 11) is 3.08. The van der Waals surface area contributed by atoms with Crippen LogP contribution in [-0.4, -0.2) is 39.7 Å². The Morgan fingerprint density at radius 1 is 1.18 bits per heavy atom. The van der Waals surface area contributed by atoms with Crippen molar-refractivity contribution >= 4 is 33.2 Å². The molecular weight excluding hydrogens is 430 g/mol. The van der Waals surface area contributed by atoms with Crippen LogP contribution in [0, 0.1) is 0 Å². The van der Waals surface area contributed by atoms with E-state index in [2.05, 4.69) is 31.3 Å². The molecule has 10 heteroatoms. The van der Waals surface area contributed by atoms with Crippen LogP contribution < -0.4 is 21.9 Å². The molecule has 0 radical (unpaired) electrons. The minimum Gasteiger partial charge on any atom is -0.365 e. The fraction of sp³-hybridized carbons (Fsp3) is 0.444. The summed E-state index contributed by atoms with van der Waals surface area (Å²) in [6.45, 7) is 0. The van der Waals surface area contributed by atoms with Gasteiger partial charge in [0.2, 0.25) is 5.43 Å². The minimum atomic E-state index is -0.562. The third-order valence-electron chi connectivity index (χ3n) is 4.85. The molecule has 0 bridgehead atoms. The Labute approximate surface area is 168 Å². The summed E-state index contributed by atoms with van der Waals surface area (Å²) in [5, 5.41) is 5.36. The smallest absolute Gasteiger partial charge is 0.290 e. The number of halogens is 1. The first-order chi connectivity index (χ1) is 13.3. The predicted molar refractivity (Wildman–Crippen MR) is 110 cm³/mol. The molecule has 1 amide bonds. The van der Waals surface area contributed by atoms with Crippen molar-refractivity contribution in [2.24, 2.45) is 0 Å². The van der Waals surface area contributed by atoms with Gasteiger partial charge in [0, 0.05) is 26.5 Å². The van der Waals surface area contributed by atoms with Gasteiger partial charge in [-0.15, -0.1) is 0 Å². The Bertz CT molecular complexity index is 1060. The Morgan fingerprint density at radius 2 is 1.86 bits per heavy atom. The van der Waals surface area contributed by atoms with E-state index in [0.29, 0.717) is 0 Å². The van der Waals surface area contributed by atoms with Crippen LogP contribution in [0.3, 0.4) is 0 Å². The maximum Gasteiger partial charge on any atom is 0.290 e. The third-order valence-corrected chi connectivity index (χ3v) is 5.61. The highest BCUT2D eigenvalue weighted by atomic mass is 79.9. The number of H-pyrrole nitrogens is 2. The molecular formula is C18H22BrN5O4. The van der Waals surface area contributed by atoms with E-state index in [-0.39, 0.29) is 27.5 Å². The second kappa shape index (κ2) is 8.17. The molecule has 0 spiro atoms. The number of carbonyl (C=O) groups is 1. The Morgan fingerprint density at radius 3 is 2.50 bits per heavy atom. The van der Waals surface area contributed by atoms with E-state index < -0.39 is 22.5 Å². The van der Waals surface area contributed by atoms with Gasteiger partial charge in [-0.3, -0.25) is 24.3 Å². The number of hydrogen-bond donors (Lipinski definition) is 3. The zero-order chi connectivity index (χ0) is 20.4. The molecule has 3 N–H and O–H groups in total. The molecule has 0 aliphatic heterocycles. The Hall–Kier alpha value is -2.62. The lowest BCUT2D eigenvalue weighted by atomic mass is 9.96. The molecule has 1 aliphatic rings. The second-order valence-electron chi connectivity index (χ2n) is 7.03. The molecule has 28 heavy (non-hydrogen) atoms. The van der Waals surface area contributed by atoms with Crippen molar-refractivity contribution < 1.29 is 4.79 Å². The number of amides is 1. The average molecular weight is 452 g/mol. The number of pyridine rings is 1. The summed E-state index contributed by atoms with van der Waals surface area (Å²) < 4.78 is 1.35. The number of aromatic nitrogens is 3. The van der Waals surface area contributed by atoms with Gasteiger partial charge < -0.3 is 15.2 Å². The van der Waals surface area contributed by atoms with E-state index in [4.69, 9.17) is 0 Å². The SMILES string of the molecule is CN(C)C(=O)c1c[nH]cc(Nc2c(Br)c(=O)[nH]n(C3CCCCC3)c2=O)c1=O. The summed E-state index contributed by atoms with van der Waals surface area (Å²) in [4.78, 5) is 54.2. The van der Waals surface area contributed by atoms with Crippen LogP contribution in [-0.2, 0) is 0 Å². The number of rotatable bonds is 4. The number of anilines is 2. The zero-order valence-electron chi connectivity index (χ0n) is 15.7. The van der Waals surface area contributed by atoms with Crippen LogP contribution in [0.5, 0.6) is 0 Å². The number of hydrogen-bond acceptors (Lipinski definition) is 5. The molecule has 0 atom stereocenters. The number of nitrogens with one attached hydrogen (secondary N) is 3. The summed E-state index contributed by atoms with van der Waals surface area (Å²) >= 11 is 3.13. The summed E-state index contributed by atoms with van der Waals surface area (Å²) in [6.07, 6.45) is 7.38. The molecule has 1 fully saturated rings. The van der Waals surface area contributed by atoms with Crippen molar-refractivity contribution in [3.63, 3.8) is 0 Å². The summed E-state index contributed by atoms with van der Waals surface area (Å²) in [6, 6.07) is -0.0810. The Kier molecular flexibility index (Phi) is 5.87. The maximum absolute atomic E-state index is 13.0. The van der Waals surface area contributed by atoms with Crippen molar-refractivity contribution in [3.8, 4) is 0 Å². The van der Waals surface area contributed by atoms with Gasteiger partial charge in [0.1, 0.15) is 21.4 Å². The monoisotopic (exact) mass is 451 g/mol. The van der Waals surface area contributed by atoms with E-state index in [1.165, 1.54) is 36.1 Å². The second-order valence-corrected chi connectivity index (χ2v) is 7.83. The maximum atomic E-state index is 13.0. The lowest BCUT2D eigenvalue weighted by Crippen LogP contribution is -2.36. The predicted octanol–water partition coefficient (Wildman–Crippen LogP) is 1.94. The number of carbonyl (C=O) groups excluding carboxylic acids is 1. The van der Waals surface area contributed by atoms with Gasteiger partial charge >= 0.3 is 0 Å². The van der Waals surface area contributed by atoms with Crippen LogP contribution in [0.4, 0.5) is 11.4 Å². The summed E-state index contributed by atoms with van der Waals surface area (Å²) in [5.41, 5.74) is -1.55. The van der Waals surface area contributed by atoms with Gasteiger partial charge in [0.25, 0.3) is 17.0 Å². The quantitative estimate of drug-likeness (QED) is 0.655. The largest absolute Gasteiger partial charge is 0.365 e. The molecule has 1 aliphatic carbocycles. The van der Waals surface area contributed by atoms with Crippen molar-refractivity contribution in [1.29, 1.82) is 0 Å². The van der Waals surface area contributed by atoms with Crippen LogP contribution in [0.2, 0.25) is 0 Å². The number of aromatic amines is 2.